The highest BCUT2D eigenvalue weighted by atomic mass is 16.4. The molecule has 0 spiro atoms. The number of hydrogen-bond acceptors (Lipinski definition) is 4. The Hall–Kier alpha value is -2.70. The van der Waals surface area contributed by atoms with Crippen LogP contribution >= 0.6 is 0 Å². The van der Waals surface area contributed by atoms with E-state index in [1.807, 2.05) is 0 Å². The fraction of sp³-hybridized carbons (Fsp3) is 0.375. The number of carboxylic acid groups (broad SMARTS) is 1. The van der Waals surface area contributed by atoms with Gasteiger partial charge >= 0.3 is 5.97 Å². The maximum atomic E-state index is 12.1. The molecule has 2 rings (SSSR count). The van der Waals surface area contributed by atoms with Gasteiger partial charge in [0.1, 0.15) is 0 Å². The normalized spacial score (nSPS) is 11.4. The first-order valence-electron chi connectivity index (χ1n) is 7.17. The van der Waals surface area contributed by atoms with Crippen LogP contribution in [0.15, 0.2) is 29.1 Å². The fourth-order valence-electron chi connectivity index (χ4n) is 2.12. The molecule has 1 amide bonds. The number of aliphatic carboxylic acids is 1. The number of amides is 1. The Morgan fingerprint density at radius 2 is 1.87 bits per heavy atom. The summed E-state index contributed by atoms with van der Waals surface area (Å²) in [4.78, 5) is 35.2. The van der Waals surface area contributed by atoms with E-state index in [4.69, 9.17) is 5.11 Å². The molecule has 23 heavy (non-hydrogen) atoms. The minimum Gasteiger partial charge on any atom is -0.481 e. The highest BCUT2D eigenvalue weighted by Gasteiger charge is 2.27. The molecule has 0 aliphatic carbocycles. The van der Waals surface area contributed by atoms with Crippen molar-refractivity contribution in [2.24, 2.45) is 12.5 Å². The van der Waals surface area contributed by atoms with Crippen LogP contribution < -0.4 is 10.9 Å². The van der Waals surface area contributed by atoms with Crippen LogP contribution in [0.4, 0.5) is 0 Å². The molecule has 7 heteroatoms. The Kier molecular flexibility index (Phi) is 4.49. The molecule has 0 aliphatic rings. The van der Waals surface area contributed by atoms with Gasteiger partial charge in [-0.15, -0.1) is 0 Å². The second-order valence-corrected chi connectivity index (χ2v) is 6.06. The van der Waals surface area contributed by atoms with E-state index >= 15 is 0 Å². The van der Waals surface area contributed by atoms with Crippen molar-refractivity contribution < 1.29 is 14.7 Å². The van der Waals surface area contributed by atoms with Crippen LogP contribution in [-0.2, 0) is 23.1 Å². The summed E-state index contributed by atoms with van der Waals surface area (Å²) in [5, 5.41) is 16.9. The number of hydrogen-bond donors (Lipinski definition) is 2. The molecule has 0 unspecified atom stereocenters. The topological polar surface area (TPSA) is 101 Å². The molecule has 1 heterocycles. The average molecular weight is 317 g/mol. The van der Waals surface area contributed by atoms with Crippen LogP contribution in [0, 0.1) is 5.41 Å². The number of carboxylic acids is 1. The lowest BCUT2D eigenvalue weighted by atomic mass is 9.94. The zero-order valence-corrected chi connectivity index (χ0v) is 13.3. The molecule has 0 saturated carbocycles. The van der Waals surface area contributed by atoms with E-state index in [9.17, 15) is 14.4 Å². The summed E-state index contributed by atoms with van der Waals surface area (Å²) in [7, 11) is 1.53. The average Bonchev–Trinajstić information content (AvgIpc) is 2.50. The van der Waals surface area contributed by atoms with Gasteiger partial charge in [-0.05, 0) is 19.9 Å². The Morgan fingerprint density at radius 1 is 1.26 bits per heavy atom. The summed E-state index contributed by atoms with van der Waals surface area (Å²) < 4.78 is 1.20. The zero-order valence-electron chi connectivity index (χ0n) is 13.3. The third-order valence-electron chi connectivity index (χ3n) is 3.67. The second kappa shape index (κ2) is 6.20. The van der Waals surface area contributed by atoms with Crippen molar-refractivity contribution in [3.8, 4) is 0 Å². The van der Waals surface area contributed by atoms with E-state index in [2.05, 4.69) is 10.4 Å². The summed E-state index contributed by atoms with van der Waals surface area (Å²) in [6.07, 6.45) is -0.0235. The van der Waals surface area contributed by atoms with Gasteiger partial charge in [0.25, 0.3) is 5.56 Å². The van der Waals surface area contributed by atoms with E-state index in [-0.39, 0.29) is 24.4 Å². The Bertz CT molecular complexity index is 824. The molecule has 122 valence electrons. The molecule has 7 nitrogen and oxygen atoms in total. The number of fused-ring (bicyclic) bond motifs is 1. The first-order chi connectivity index (χ1) is 10.7. The lowest BCUT2D eigenvalue weighted by molar-refractivity contribution is -0.146. The van der Waals surface area contributed by atoms with E-state index in [0.29, 0.717) is 16.5 Å². The Morgan fingerprint density at radius 3 is 2.48 bits per heavy atom. The Balaban J connectivity index is 2.22. The number of carbonyl (C=O) groups excluding carboxylic acids is 1. The van der Waals surface area contributed by atoms with Crippen molar-refractivity contribution in [3.63, 3.8) is 0 Å². The lowest BCUT2D eigenvalue weighted by Gasteiger charge is -2.19. The molecular formula is C16H19N3O4. The minimum absolute atomic E-state index is 0.0187. The van der Waals surface area contributed by atoms with Gasteiger partial charge in [-0.2, -0.15) is 5.10 Å². The standard InChI is InChI=1S/C16H19N3O4/c1-16(2,15(22)23)9-17-13(20)8-12-10-6-4-5-7-11(10)14(21)19(3)18-12/h4-7H,8-9H2,1-3H3,(H,17,20)(H,22,23). The molecule has 1 aromatic carbocycles. The van der Waals surface area contributed by atoms with Crippen LogP contribution in [0.5, 0.6) is 0 Å². The van der Waals surface area contributed by atoms with Crippen molar-refractivity contribution in [1.82, 2.24) is 15.1 Å². The predicted octanol–water partition coefficient (Wildman–Crippen LogP) is 0.703. The predicted molar refractivity (Wildman–Crippen MR) is 85.1 cm³/mol. The monoisotopic (exact) mass is 317 g/mol. The van der Waals surface area contributed by atoms with Crippen LogP contribution in [-0.4, -0.2) is 33.3 Å². The number of aryl methyl sites for hydroxylation is 1. The van der Waals surface area contributed by atoms with E-state index in [0.717, 1.165) is 0 Å². The van der Waals surface area contributed by atoms with Crippen molar-refractivity contribution in [2.75, 3.05) is 6.54 Å². The maximum Gasteiger partial charge on any atom is 0.310 e. The van der Waals surface area contributed by atoms with Gasteiger partial charge in [-0.25, -0.2) is 4.68 Å². The van der Waals surface area contributed by atoms with Crippen LogP contribution in [0.2, 0.25) is 0 Å². The fourth-order valence-corrected chi connectivity index (χ4v) is 2.12. The number of aromatic nitrogens is 2. The first kappa shape index (κ1) is 16.7. The van der Waals surface area contributed by atoms with E-state index in [1.54, 1.807) is 24.3 Å². The third-order valence-corrected chi connectivity index (χ3v) is 3.67. The van der Waals surface area contributed by atoms with Crippen molar-refractivity contribution in [1.29, 1.82) is 0 Å². The molecule has 0 fully saturated rings. The van der Waals surface area contributed by atoms with E-state index < -0.39 is 11.4 Å². The molecule has 2 N–H and O–H groups in total. The van der Waals surface area contributed by atoms with Gasteiger partial charge in [0.2, 0.25) is 5.91 Å². The molecule has 2 aromatic rings. The van der Waals surface area contributed by atoms with Gasteiger partial charge in [0.15, 0.2) is 0 Å². The first-order valence-corrected chi connectivity index (χ1v) is 7.17. The molecule has 0 saturated heterocycles. The number of nitrogens with one attached hydrogen (secondary N) is 1. The third kappa shape index (κ3) is 3.56. The van der Waals surface area contributed by atoms with Crippen molar-refractivity contribution in [3.05, 3.63) is 40.3 Å². The van der Waals surface area contributed by atoms with Gasteiger partial charge in [0, 0.05) is 19.0 Å². The summed E-state index contributed by atoms with van der Waals surface area (Å²) in [6.45, 7) is 3.09. The number of carbonyl (C=O) groups is 2. The summed E-state index contributed by atoms with van der Waals surface area (Å²) in [5.74, 6) is -1.32. The maximum absolute atomic E-state index is 12.1. The summed E-state index contributed by atoms with van der Waals surface area (Å²) >= 11 is 0. The molecule has 1 aromatic heterocycles. The van der Waals surface area contributed by atoms with E-state index in [1.165, 1.54) is 25.6 Å². The molecule has 0 radical (unpaired) electrons. The quantitative estimate of drug-likeness (QED) is 0.845. The van der Waals surface area contributed by atoms with Crippen molar-refractivity contribution in [2.45, 2.75) is 20.3 Å². The smallest absolute Gasteiger partial charge is 0.310 e. The van der Waals surface area contributed by atoms with Crippen LogP contribution in [0.3, 0.4) is 0 Å². The van der Waals surface area contributed by atoms with Gasteiger partial charge < -0.3 is 10.4 Å². The lowest BCUT2D eigenvalue weighted by Crippen LogP contribution is -2.39. The second-order valence-electron chi connectivity index (χ2n) is 6.06. The van der Waals surface area contributed by atoms with Gasteiger partial charge in [-0.3, -0.25) is 14.4 Å². The number of benzene rings is 1. The highest BCUT2D eigenvalue weighted by Crippen LogP contribution is 2.15. The summed E-state index contributed by atoms with van der Waals surface area (Å²) in [6, 6.07) is 6.96. The SMILES string of the molecule is Cn1nc(CC(=O)NCC(C)(C)C(=O)O)c2ccccc2c1=O. The Labute approximate surface area is 132 Å². The highest BCUT2D eigenvalue weighted by molar-refractivity contribution is 5.88. The van der Waals surface area contributed by atoms with Crippen molar-refractivity contribution >= 4 is 22.6 Å². The summed E-state index contributed by atoms with van der Waals surface area (Å²) in [5.41, 5.74) is -0.792. The number of rotatable bonds is 5. The number of nitrogens with zero attached hydrogens (tertiary/aromatic N) is 2. The zero-order chi connectivity index (χ0) is 17.2. The van der Waals surface area contributed by atoms with Crippen LogP contribution in [0.1, 0.15) is 19.5 Å². The largest absolute Gasteiger partial charge is 0.481 e. The molecule has 0 atom stereocenters. The minimum atomic E-state index is -1.05. The molecular weight excluding hydrogens is 298 g/mol. The van der Waals surface area contributed by atoms with Crippen LogP contribution in [0.25, 0.3) is 10.8 Å². The molecule has 0 aliphatic heterocycles. The molecule has 0 bridgehead atoms. The van der Waals surface area contributed by atoms with Gasteiger partial charge in [-0.1, -0.05) is 18.2 Å². The van der Waals surface area contributed by atoms with Gasteiger partial charge in [0.05, 0.1) is 22.9 Å².